The number of rotatable bonds is 7. The summed E-state index contributed by atoms with van der Waals surface area (Å²) in [5.41, 5.74) is 2.85. The van der Waals surface area contributed by atoms with Crippen LogP contribution in [-0.4, -0.2) is 30.4 Å². The van der Waals surface area contributed by atoms with Crippen molar-refractivity contribution < 1.29 is 19.4 Å². The van der Waals surface area contributed by atoms with E-state index < -0.39 is 5.91 Å². The molecule has 0 aliphatic heterocycles. The molecule has 0 fully saturated rings. The second-order valence-corrected chi connectivity index (χ2v) is 7.08. The van der Waals surface area contributed by atoms with Crippen molar-refractivity contribution in [2.75, 3.05) is 13.2 Å². The van der Waals surface area contributed by atoms with Crippen molar-refractivity contribution in [1.82, 2.24) is 5.43 Å². The van der Waals surface area contributed by atoms with Gasteiger partial charge in [0.25, 0.3) is 5.91 Å². The molecule has 6 nitrogen and oxygen atoms in total. The normalized spacial score (nSPS) is 10.9. The topological polar surface area (TPSA) is 80.2 Å². The van der Waals surface area contributed by atoms with Gasteiger partial charge in [-0.3, -0.25) is 4.79 Å². The molecule has 2 N–H and O–H groups in total. The second-order valence-electron chi connectivity index (χ2n) is 5.83. The van der Waals surface area contributed by atoms with Gasteiger partial charge in [0.1, 0.15) is 5.75 Å². The van der Waals surface area contributed by atoms with Gasteiger partial charge in [-0.2, -0.15) is 5.10 Å². The molecule has 0 bridgehead atoms. The fraction of sp³-hybridized carbons (Fsp3) is 0.143. The molecule has 0 aromatic heterocycles. The standard InChI is InChI=1S/C21H19IN2O4/c1-2-27-19-11-16(22)10-15(21(19)26)12-23-24-20(25)13-28-18-9-5-7-14-6-3-4-8-17(14)18/h3-12,26H,2,13H2,1H3,(H,24,25)/b23-12+. The first-order valence-electron chi connectivity index (χ1n) is 8.66. The molecule has 0 atom stereocenters. The van der Waals surface area contributed by atoms with Crippen molar-refractivity contribution >= 4 is 45.5 Å². The summed E-state index contributed by atoms with van der Waals surface area (Å²) in [6, 6.07) is 16.9. The smallest absolute Gasteiger partial charge is 0.277 e. The molecule has 28 heavy (non-hydrogen) atoms. The van der Waals surface area contributed by atoms with Crippen LogP contribution in [0.5, 0.6) is 17.2 Å². The lowest BCUT2D eigenvalue weighted by Gasteiger charge is -2.09. The van der Waals surface area contributed by atoms with Crippen LogP contribution in [0.2, 0.25) is 0 Å². The molecule has 7 heteroatoms. The Labute approximate surface area is 176 Å². The van der Waals surface area contributed by atoms with Crippen LogP contribution >= 0.6 is 22.6 Å². The van der Waals surface area contributed by atoms with Crippen molar-refractivity contribution in [1.29, 1.82) is 0 Å². The van der Waals surface area contributed by atoms with Crippen LogP contribution in [0.1, 0.15) is 12.5 Å². The number of carbonyl (C=O) groups excluding carboxylic acids is 1. The number of fused-ring (bicyclic) bond motifs is 1. The quantitative estimate of drug-likeness (QED) is 0.297. The Kier molecular flexibility index (Phi) is 6.70. The van der Waals surface area contributed by atoms with E-state index in [-0.39, 0.29) is 12.4 Å². The molecule has 3 rings (SSSR count). The monoisotopic (exact) mass is 490 g/mol. The fourth-order valence-electron chi connectivity index (χ4n) is 2.63. The van der Waals surface area contributed by atoms with Crippen molar-refractivity contribution in [2.45, 2.75) is 6.92 Å². The van der Waals surface area contributed by atoms with Crippen molar-refractivity contribution in [3.05, 3.63) is 63.7 Å². The van der Waals surface area contributed by atoms with Gasteiger partial charge in [-0.15, -0.1) is 0 Å². The van der Waals surface area contributed by atoms with E-state index in [2.05, 4.69) is 33.1 Å². The fourth-order valence-corrected chi connectivity index (χ4v) is 3.25. The van der Waals surface area contributed by atoms with E-state index in [0.29, 0.717) is 23.7 Å². The number of amides is 1. The van der Waals surface area contributed by atoms with Gasteiger partial charge in [-0.25, -0.2) is 5.43 Å². The largest absolute Gasteiger partial charge is 0.504 e. The third-order valence-electron chi connectivity index (χ3n) is 3.87. The minimum atomic E-state index is -0.403. The summed E-state index contributed by atoms with van der Waals surface area (Å²) in [6.45, 7) is 2.10. The summed E-state index contributed by atoms with van der Waals surface area (Å²) < 4.78 is 11.9. The summed E-state index contributed by atoms with van der Waals surface area (Å²) in [7, 11) is 0. The first-order chi connectivity index (χ1) is 13.6. The van der Waals surface area contributed by atoms with E-state index in [1.807, 2.05) is 49.4 Å². The number of nitrogens with zero attached hydrogens (tertiary/aromatic N) is 1. The van der Waals surface area contributed by atoms with Crippen molar-refractivity contribution in [3.63, 3.8) is 0 Å². The molecule has 0 aliphatic carbocycles. The third-order valence-corrected chi connectivity index (χ3v) is 4.49. The molecular formula is C21H19IN2O4. The summed E-state index contributed by atoms with van der Waals surface area (Å²) in [5, 5.41) is 16.1. The number of nitrogens with one attached hydrogen (secondary N) is 1. The molecule has 0 unspecified atom stereocenters. The predicted molar refractivity (Wildman–Crippen MR) is 117 cm³/mol. The van der Waals surface area contributed by atoms with E-state index in [0.717, 1.165) is 14.3 Å². The van der Waals surface area contributed by atoms with Crippen molar-refractivity contribution in [3.8, 4) is 17.2 Å². The maximum absolute atomic E-state index is 12.0. The Balaban J connectivity index is 1.61. The molecule has 144 valence electrons. The molecule has 0 saturated heterocycles. The zero-order valence-corrected chi connectivity index (χ0v) is 17.3. The van der Waals surface area contributed by atoms with Gasteiger partial charge in [0.15, 0.2) is 18.1 Å². The second kappa shape index (κ2) is 9.41. The van der Waals surface area contributed by atoms with Gasteiger partial charge in [0.2, 0.25) is 0 Å². The lowest BCUT2D eigenvalue weighted by atomic mass is 10.1. The van der Waals surface area contributed by atoms with Gasteiger partial charge >= 0.3 is 0 Å². The average Bonchev–Trinajstić information content (AvgIpc) is 2.70. The highest BCUT2D eigenvalue weighted by molar-refractivity contribution is 14.1. The molecule has 3 aromatic rings. The summed E-state index contributed by atoms with van der Waals surface area (Å²) in [6.07, 6.45) is 1.37. The SMILES string of the molecule is CCOc1cc(I)cc(/C=N/NC(=O)COc2cccc3ccccc23)c1O. The minimum Gasteiger partial charge on any atom is -0.504 e. The maximum atomic E-state index is 12.0. The number of phenols is 1. The average molecular weight is 490 g/mol. The zero-order valence-electron chi connectivity index (χ0n) is 15.2. The molecule has 0 spiro atoms. The molecular weight excluding hydrogens is 471 g/mol. The molecule has 0 heterocycles. The number of benzene rings is 3. The first-order valence-corrected chi connectivity index (χ1v) is 9.74. The minimum absolute atomic E-state index is 0.0210. The van der Waals surface area contributed by atoms with E-state index in [1.54, 1.807) is 12.1 Å². The van der Waals surface area contributed by atoms with Gasteiger partial charge in [-0.05, 0) is 53.1 Å². The van der Waals surface area contributed by atoms with Crippen LogP contribution in [-0.2, 0) is 4.79 Å². The third kappa shape index (κ3) is 4.92. The summed E-state index contributed by atoms with van der Waals surface area (Å²) in [4.78, 5) is 12.0. The summed E-state index contributed by atoms with van der Waals surface area (Å²) >= 11 is 2.12. The highest BCUT2D eigenvalue weighted by Crippen LogP contribution is 2.31. The Morgan fingerprint density at radius 2 is 1.93 bits per heavy atom. The van der Waals surface area contributed by atoms with Crippen LogP contribution in [0, 0.1) is 3.57 Å². The number of ether oxygens (including phenoxy) is 2. The van der Waals surface area contributed by atoms with Gasteiger partial charge in [-0.1, -0.05) is 36.4 Å². The Hall–Kier alpha value is -2.81. The molecule has 0 radical (unpaired) electrons. The number of halogens is 1. The molecule has 3 aromatic carbocycles. The Morgan fingerprint density at radius 1 is 1.14 bits per heavy atom. The van der Waals surface area contributed by atoms with E-state index in [9.17, 15) is 9.90 Å². The first kappa shape index (κ1) is 19.9. The van der Waals surface area contributed by atoms with Crippen LogP contribution in [0.3, 0.4) is 0 Å². The van der Waals surface area contributed by atoms with Gasteiger partial charge in [0.05, 0.1) is 12.8 Å². The predicted octanol–water partition coefficient (Wildman–Crippen LogP) is 4.08. The lowest BCUT2D eigenvalue weighted by Crippen LogP contribution is -2.24. The van der Waals surface area contributed by atoms with Crippen LogP contribution in [0.15, 0.2) is 59.7 Å². The Bertz CT molecular complexity index is 1020. The van der Waals surface area contributed by atoms with E-state index in [1.165, 1.54) is 6.21 Å². The number of phenolic OH excluding ortho intramolecular Hbond substituents is 1. The summed E-state index contributed by atoms with van der Waals surface area (Å²) in [5.74, 6) is 0.585. The number of aromatic hydroxyl groups is 1. The number of carbonyl (C=O) groups is 1. The molecule has 1 amide bonds. The van der Waals surface area contributed by atoms with Crippen LogP contribution in [0.4, 0.5) is 0 Å². The van der Waals surface area contributed by atoms with E-state index in [4.69, 9.17) is 9.47 Å². The highest BCUT2D eigenvalue weighted by atomic mass is 127. The maximum Gasteiger partial charge on any atom is 0.277 e. The van der Waals surface area contributed by atoms with Gasteiger partial charge in [0, 0.05) is 14.5 Å². The van der Waals surface area contributed by atoms with E-state index >= 15 is 0 Å². The zero-order chi connectivity index (χ0) is 19.9. The lowest BCUT2D eigenvalue weighted by molar-refractivity contribution is -0.123. The van der Waals surface area contributed by atoms with Crippen molar-refractivity contribution in [2.24, 2.45) is 5.10 Å². The highest BCUT2D eigenvalue weighted by Gasteiger charge is 2.09. The van der Waals surface area contributed by atoms with Gasteiger partial charge < -0.3 is 14.6 Å². The number of hydrazone groups is 1. The Morgan fingerprint density at radius 3 is 2.75 bits per heavy atom. The van der Waals surface area contributed by atoms with Crippen LogP contribution < -0.4 is 14.9 Å². The van der Waals surface area contributed by atoms with Crippen LogP contribution in [0.25, 0.3) is 10.8 Å². The molecule has 0 aliphatic rings. The molecule has 0 saturated carbocycles. The number of hydrogen-bond donors (Lipinski definition) is 2. The number of hydrogen-bond acceptors (Lipinski definition) is 5.